The number of fused-ring (bicyclic) bond motifs is 7. The summed E-state index contributed by atoms with van der Waals surface area (Å²) in [6.45, 7) is 11.0. The van der Waals surface area contributed by atoms with Gasteiger partial charge in [0, 0.05) is 38.2 Å². The summed E-state index contributed by atoms with van der Waals surface area (Å²) in [5.41, 5.74) is -3.48. The van der Waals surface area contributed by atoms with Crippen LogP contribution < -0.4 is 0 Å². The fourth-order valence-corrected chi connectivity index (χ4v) is 13.1. The fraction of sp³-hybridized carbons (Fsp3) is 0.976. The molecule has 7 fully saturated rings. The van der Waals surface area contributed by atoms with E-state index in [0.717, 1.165) is 25.7 Å². The zero-order chi connectivity index (χ0) is 42.3. The summed E-state index contributed by atoms with van der Waals surface area (Å²) in [5.74, 6) is -1.38. The topological polar surface area (TPSA) is 244 Å². The van der Waals surface area contributed by atoms with Crippen molar-refractivity contribution in [2.45, 2.75) is 196 Å². The summed E-state index contributed by atoms with van der Waals surface area (Å²) in [5, 5.41) is 89.0. The van der Waals surface area contributed by atoms with Gasteiger partial charge in [-0.3, -0.25) is 4.79 Å². The van der Waals surface area contributed by atoms with Crippen molar-refractivity contribution in [3.63, 3.8) is 0 Å². The van der Waals surface area contributed by atoms with Gasteiger partial charge in [0.2, 0.25) is 0 Å². The van der Waals surface area contributed by atoms with Crippen molar-refractivity contribution in [3.05, 3.63) is 0 Å². The highest BCUT2D eigenvalue weighted by Crippen LogP contribution is 2.74. The van der Waals surface area contributed by atoms with E-state index in [1.54, 1.807) is 7.11 Å². The Hall–Kier alpha value is -1.09. The van der Waals surface area contributed by atoms with Gasteiger partial charge in [-0.05, 0) is 87.4 Å². The molecule has 0 amide bonds. The smallest absolute Gasteiger partial charge is 0.302 e. The maximum Gasteiger partial charge on any atom is 0.302 e. The molecule has 4 aliphatic carbocycles. The maximum absolute atomic E-state index is 13.0. The largest absolute Gasteiger partial charge is 0.466 e. The van der Waals surface area contributed by atoms with Crippen LogP contribution in [-0.2, 0) is 38.0 Å². The van der Waals surface area contributed by atoms with Crippen molar-refractivity contribution >= 4 is 5.97 Å². The molecule has 7 aliphatic rings. The number of rotatable bonds is 11. The summed E-state index contributed by atoms with van der Waals surface area (Å²) in [6, 6.07) is 0. The van der Waals surface area contributed by atoms with Crippen molar-refractivity contribution < 1.29 is 78.8 Å². The summed E-state index contributed by atoms with van der Waals surface area (Å²) in [6.07, 6.45) is -8.24. The molecular formula is C42H70O16. The van der Waals surface area contributed by atoms with Crippen LogP contribution in [0.2, 0.25) is 0 Å². The lowest BCUT2D eigenvalue weighted by atomic mass is 9.42. The molecule has 0 bridgehead atoms. The van der Waals surface area contributed by atoms with E-state index in [1.165, 1.54) is 13.8 Å². The molecular weight excluding hydrogens is 760 g/mol. The standard InChI is InChI=1S/C42H70O16/c1-20(19-53-23(4)44)10-15-41(52-7)22(3)42(51)29(58-41)17-40(50)27-9-8-24-16-25(11-13-38(24,5)26(27)12-14-39(40,42)6)55-37-35(33(48)31(46)28(18-43)56-37)57-36-34(49)32(47)30(45)21(2)54-36/h20-22,24-37,43,45-51H,8-19H2,1-7H3. The van der Waals surface area contributed by atoms with Crippen LogP contribution >= 0.6 is 0 Å². The van der Waals surface area contributed by atoms with Crippen LogP contribution in [0.3, 0.4) is 0 Å². The lowest BCUT2D eigenvalue weighted by molar-refractivity contribution is -0.371. The lowest BCUT2D eigenvalue weighted by Gasteiger charge is -2.64. The Morgan fingerprint density at radius 2 is 1.59 bits per heavy atom. The normalized spacial score (nSPS) is 54.5. The molecule has 16 nitrogen and oxygen atoms in total. The number of esters is 1. The van der Waals surface area contributed by atoms with Crippen molar-refractivity contribution in [1.82, 2.24) is 0 Å². The van der Waals surface area contributed by atoms with Crippen LogP contribution in [0.5, 0.6) is 0 Å². The van der Waals surface area contributed by atoms with E-state index < -0.39 is 102 Å². The summed E-state index contributed by atoms with van der Waals surface area (Å²) < 4.78 is 42.2. The van der Waals surface area contributed by atoms with Gasteiger partial charge in [-0.2, -0.15) is 0 Å². The Morgan fingerprint density at radius 3 is 2.26 bits per heavy atom. The molecule has 4 saturated carbocycles. The molecule has 0 aromatic heterocycles. The molecule has 8 N–H and O–H groups in total. The molecule has 22 unspecified atom stereocenters. The molecule has 16 heteroatoms. The number of carbonyl (C=O) groups excluding carboxylic acids is 1. The van der Waals surface area contributed by atoms with Gasteiger partial charge in [0.25, 0.3) is 0 Å². The van der Waals surface area contributed by atoms with E-state index in [2.05, 4.69) is 6.92 Å². The highest BCUT2D eigenvalue weighted by Gasteiger charge is 2.81. The first kappa shape index (κ1) is 44.9. The molecule has 22 atom stereocenters. The van der Waals surface area contributed by atoms with Crippen LogP contribution in [0.1, 0.15) is 106 Å². The first-order valence-electron chi connectivity index (χ1n) is 21.6. The van der Waals surface area contributed by atoms with E-state index in [0.29, 0.717) is 45.1 Å². The summed E-state index contributed by atoms with van der Waals surface area (Å²) in [4.78, 5) is 11.4. The number of hydrogen-bond donors (Lipinski definition) is 8. The second kappa shape index (κ2) is 16.2. The van der Waals surface area contributed by atoms with Gasteiger partial charge in [0.05, 0.1) is 37.1 Å². The minimum absolute atomic E-state index is 0.0596. The first-order chi connectivity index (χ1) is 27.2. The van der Waals surface area contributed by atoms with Crippen LogP contribution in [0.25, 0.3) is 0 Å². The highest BCUT2D eigenvalue weighted by molar-refractivity contribution is 5.65. The van der Waals surface area contributed by atoms with Gasteiger partial charge >= 0.3 is 5.97 Å². The van der Waals surface area contributed by atoms with Gasteiger partial charge in [-0.15, -0.1) is 0 Å². The molecule has 3 heterocycles. The van der Waals surface area contributed by atoms with Gasteiger partial charge in [0.1, 0.15) is 48.3 Å². The molecule has 0 radical (unpaired) electrons. The summed E-state index contributed by atoms with van der Waals surface area (Å²) >= 11 is 0. The molecule has 3 aliphatic heterocycles. The number of aliphatic hydroxyl groups excluding tert-OH is 6. The molecule has 3 saturated heterocycles. The zero-order valence-electron chi connectivity index (χ0n) is 35.1. The van der Waals surface area contributed by atoms with E-state index in [4.69, 9.17) is 33.2 Å². The number of ether oxygens (including phenoxy) is 7. The summed E-state index contributed by atoms with van der Waals surface area (Å²) in [7, 11) is 1.61. The van der Waals surface area contributed by atoms with Crippen molar-refractivity contribution in [2.24, 2.45) is 40.4 Å². The van der Waals surface area contributed by atoms with E-state index in [1.807, 2.05) is 20.8 Å². The van der Waals surface area contributed by atoms with E-state index >= 15 is 0 Å². The Morgan fingerprint density at radius 1 is 0.862 bits per heavy atom. The molecule has 7 rings (SSSR count). The maximum atomic E-state index is 13.0. The lowest BCUT2D eigenvalue weighted by Crippen LogP contribution is -2.67. The molecule has 0 aromatic carbocycles. The Labute approximate surface area is 341 Å². The van der Waals surface area contributed by atoms with Crippen LogP contribution in [0, 0.1) is 40.4 Å². The quantitative estimate of drug-likeness (QED) is 0.106. The number of hydrogen-bond acceptors (Lipinski definition) is 16. The Kier molecular flexibility index (Phi) is 12.6. The van der Waals surface area contributed by atoms with Gasteiger partial charge < -0.3 is 74.0 Å². The number of methoxy groups -OCH3 is 1. The van der Waals surface area contributed by atoms with Gasteiger partial charge in [0.15, 0.2) is 18.4 Å². The number of aliphatic hydroxyl groups is 8. The third-order valence-corrected chi connectivity index (χ3v) is 16.9. The third-order valence-electron chi connectivity index (χ3n) is 16.9. The van der Waals surface area contributed by atoms with Crippen molar-refractivity contribution in [3.8, 4) is 0 Å². The van der Waals surface area contributed by atoms with Gasteiger partial charge in [-0.25, -0.2) is 0 Å². The van der Waals surface area contributed by atoms with Crippen LogP contribution in [0.15, 0.2) is 0 Å². The zero-order valence-corrected chi connectivity index (χ0v) is 35.1. The first-order valence-corrected chi connectivity index (χ1v) is 21.6. The van der Waals surface area contributed by atoms with Crippen molar-refractivity contribution in [1.29, 1.82) is 0 Å². The fourth-order valence-electron chi connectivity index (χ4n) is 13.1. The minimum Gasteiger partial charge on any atom is -0.466 e. The molecule has 58 heavy (non-hydrogen) atoms. The average Bonchev–Trinajstić information content (AvgIpc) is 3.51. The second-order valence-electron chi connectivity index (χ2n) is 19.6. The second-order valence-corrected chi connectivity index (χ2v) is 19.6. The predicted molar refractivity (Wildman–Crippen MR) is 202 cm³/mol. The van der Waals surface area contributed by atoms with E-state index in [-0.39, 0.29) is 41.2 Å². The van der Waals surface area contributed by atoms with E-state index in [9.17, 15) is 45.6 Å². The van der Waals surface area contributed by atoms with Crippen LogP contribution in [0.4, 0.5) is 0 Å². The minimum atomic E-state index is -1.66. The molecule has 0 spiro atoms. The van der Waals surface area contributed by atoms with Gasteiger partial charge in [-0.1, -0.05) is 27.7 Å². The van der Waals surface area contributed by atoms with Crippen LogP contribution in [-0.4, -0.2) is 158 Å². The molecule has 334 valence electrons. The molecule has 0 aromatic rings. The average molecular weight is 831 g/mol. The third kappa shape index (κ3) is 6.92. The highest BCUT2D eigenvalue weighted by atomic mass is 16.8. The number of carbonyl (C=O) groups is 1. The predicted octanol–water partition coefficient (Wildman–Crippen LogP) is 0.879. The Bertz CT molecular complexity index is 1470. The monoisotopic (exact) mass is 830 g/mol. The Balaban J connectivity index is 1.04. The SMILES string of the molecule is COC1(CCC(C)COC(C)=O)OC2CC3(O)C4CCC5CC(OC6OC(CO)C(O)C(O)C6OC6OC(C)C(O)C(O)C6O)CCC5(C)C4CCC3(C)C2(O)C1C. The van der Waals surface area contributed by atoms with Crippen molar-refractivity contribution in [2.75, 3.05) is 20.3 Å².